The molecule has 0 aliphatic heterocycles. The molecule has 1 rings (SSSR count). The number of carboxylic acids is 2. The molecule has 0 aromatic heterocycles. The summed E-state index contributed by atoms with van der Waals surface area (Å²) in [6, 6.07) is 3.60. The summed E-state index contributed by atoms with van der Waals surface area (Å²) in [5.74, 6) is -2.53. The fourth-order valence-corrected chi connectivity index (χ4v) is 3.51. The molecule has 0 aliphatic carbocycles. The van der Waals surface area contributed by atoms with Crippen molar-refractivity contribution in [1.29, 1.82) is 0 Å². The minimum Gasteiger partial charge on any atom is -0.478 e. The van der Waals surface area contributed by atoms with Gasteiger partial charge in [-0.3, -0.25) is 4.57 Å². The van der Waals surface area contributed by atoms with E-state index in [9.17, 15) is 14.2 Å². The second-order valence-corrected chi connectivity index (χ2v) is 6.14. The summed E-state index contributed by atoms with van der Waals surface area (Å²) < 4.78 is 22.6. The summed E-state index contributed by atoms with van der Waals surface area (Å²) in [7, 11) is -3.46. The Morgan fingerprint density at radius 3 is 2.10 bits per heavy atom. The number of rotatable bonds is 8. The molecule has 0 atom stereocenters. The number of hydrogen-bond donors (Lipinski definition) is 2. The third-order valence-corrected chi connectivity index (χ3v) is 4.63. The number of hydrogen-bond acceptors (Lipinski definition) is 5. The third kappa shape index (κ3) is 4.67. The maximum Gasteiger partial charge on any atom is 0.336 e. The quantitative estimate of drug-likeness (QED) is 0.709. The van der Waals surface area contributed by atoms with Crippen LogP contribution < -0.4 is 0 Å². The molecule has 1 aromatic carbocycles. The molecule has 0 fully saturated rings. The van der Waals surface area contributed by atoms with E-state index in [-0.39, 0.29) is 36.1 Å². The maximum atomic E-state index is 12.4. The van der Waals surface area contributed by atoms with Gasteiger partial charge in [0.2, 0.25) is 0 Å². The fourth-order valence-electron chi connectivity index (χ4n) is 1.78. The molecule has 116 valence electrons. The summed E-state index contributed by atoms with van der Waals surface area (Å²) >= 11 is 0. The summed E-state index contributed by atoms with van der Waals surface area (Å²) in [6.45, 7) is 3.62. The first-order chi connectivity index (χ1) is 9.83. The Labute approximate surface area is 122 Å². The summed E-state index contributed by atoms with van der Waals surface area (Å²) in [6.07, 6.45) is -0.226. The van der Waals surface area contributed by atoms with Crippen molar-refractivity contribution in [3.8, 4) is 0 Å². The number of benzene rings is 1. The molecule has 21 heavy (non-hydrogen) atoms. The van der Waals surface area contributed by atoms with Crippen molar-refractivity contribution < 1.29 is 33.4 Å². The molecule has 0 aliphatic rings. The van der Waals surface area contributed by atoms with Gasteiger partial charge in [0.15, 0.2) is 0 Å². The second kappa shape index (κ2) is 7.36. The normalized spacial score (nSPS) is 11.3. The topological polar surface area (TPSA) is 110 Å². The van der Waals surface area contributed by atoms with E-state index in [0.717, 1.165) is 6.07 Å². The highest BCUT2D eigenvalue weighted by Gasteiger charge is 2.27. The third-order valence-electron chi connectivity index (χ3n) is 2.60. The molecule has 1 aromatic rings. The van der Waals surface area contributed by atoms with E-state index in [1.165, 1.54) is 12.1 Å². The maximum absolute atomic E-state index is 12.4. The first-order valence-corrected chi connectivity index (χ1v) is 8.03. The molecule has 7 nitrogen and oxygen atoms in total. The van der Waals surface area contributed by atoms with Crippen LogP contribution in [0.3, 0.4) is 0 Å². The van der Waals surface area contributed by atoms with Gasteiger partial charge < -0.3 is 19.3 Å². The van der Waals surface area contributed by atoms with Gasteiger partial charge >= 0.3 is 19.5 Å². The Kier molecular flexibility index (Phi) is 6.08. The standard InChI is InChI=1S/C13H17O7P/c1-3-19-21(18,20-4-2)8-10-6-5-9(12(14)15)7-11(10)13(16)17/h5-7H,3-4,8H2,1-2H3,(H,14,15)(H,16,17). The van der Waals surface area contributed by atoms with Gasteiger partial charge in [0.25, 0.3) is 0 Å². The molecule has 2 N–H and O–H groups in total. The van der Waals surface area contributed by atoms with Crippen LogP contribution in [0, 0.1) is 0 Å². The van der Waals surface area contributed by atoms with Gasteiger partial charge in [-0.2, -0.15) is 0 Å². The van der Waals surface area contributed by atoms with E-state index in [0.29, 0.717) is 0 Å². The largest absolute Gasteiger partial charge is 0.478 e. The zero-order chi connectivity index (χ0) is 16.0. The molecule has 0 saturated heterocycles. The van der Waals surface area contributed by atoms with Gasteiger partial charge in [-0.05, 0) is 31.5 Å². The van der Waals surface area contributed by atoms with Crippen molar-refractivity contribution in [3.63, 3.8) is 0 Å². The van der Waals surface area contributed by atoms with Crippen LogP contribution in [0.4, 0.5) is 0 Å². The lowest BCUT2D eigenvalue weighted by molar-refractivity contribution is 0.0695. The Bertz CT molecular complexity index is 572. The van der Waals surface area contributed by atoms with Crippen LogP contribution in [0.5, 0.6) is 0 Å². The molecule has 0 spiro atoms. The summed E-state index contributed by atoms with van der Waals surface area (Å²) in [5, 5.41) is 18.1. The molecule has 0 unspecified atom stereocenters. The first kappa shape index (κ1) is 17.4. The lowest BCUT2D eigenvalue weighted by Gasteiger charge is -2.18. The van der Waals surface area contributed by atoms with Crippen LogP contribution in [0.1, 0.15) is 40.1 Å². The highest BCUT2D eigenvalue weighted by molar-refractivity contribution is 7.53. The lowest BCUT2D eigenvalue weighted by atomic mass is 10.1. The van der Waals surface area contributed by atoms with Gasteiger partial charge in [0.1, 0.15) is 0 Å². The van der Waals surface area contributed by atoms with E-state index >= 15 is 0 Å². The number of carbonyl (C=O) groups is 2. The monoisotopic (exact) mass is 316 g/mol. The molecular formula is C13H17O7P. The molecule has 0 amide bonds. The van der Waals surface area contributed by atoms with E-state index in [1.54, 1.807) is 13.8 Å². The molecule has 0 radical (unpaired) electrons. The average molecular weight is 316 g/mol. The van der Waals surface area contributed by atoms with Crippen LogP contribution in [0.2, 0.25) is 0 Å². The first-order valence-electron chi connectivity index (χ1n) is 6.30. The van der Waals surface area contributed by atoms with Gasteiger partial charge in [0, 0.05) is 0 Å². The zero-order valence-corrected chi connectivity index (χ0v) is 12.6. The Hall–Kier alpha value is -1.69. The molecule has 8 heteroatoms. The minimum atomic E-state index is -3.46. The van der Waals surface area contributed by atoms with Crippen LogP contribution in [-0.4, -0.2) is 35.4 Å². The van der Waals surface area contributed by atoms with E-state index in [4.69, 9.17) is 19.3 Å². The van der Waals surface area contributed by atoms with Gasteiger partial charge in [-0.15, -0.1) is 0 Å². The lowest BCUT2D eigenvalue weighted by Crippen LogP contribution is -2.08. The highest BCUT2D eigenvalue weighted by Crippen LogP contribution is 2.51. The minimum absolute atomic E-state index is 0.154. The van der Waals surface area contributed by atoms with Crippen molar-refractivity contribution in [3.05, 3.63) is 34.9 Å². The SMILES string of the molecule is CCOP(=O)(Cc1ccc(C(=O)O)cc1C(=O)O)OCC. The fraction of sp³-hybridized carbons (Fsp3) is 0.385. The molecule has 0 bridgehead atoms. The van der Waals surface area contributed by atoms with Crippen molar-refractivity contribution in [2.45, 2.75) is 20.0 Å². The van der Waals surface area contributed by atoms with E-state index in [2.05, 4.69) is 0 Å². The van der Waals surface area contributed by atoms with Crippen molar-refractivity contribution >= 4 is 19.5 Å². The van der Waals surface area contributed by atoms with Crippen LogP contribution in [0.15, 0.2) is 18.2 Å². The predicted octanol–water partition coefficient (Wildman–Crippen LogP) is 2.85. The van der Waals surface area contributed by atoms with Gasteiger partial charge in [0.05, 0.1) is 30.5 Å². The highest BCUT2D eigenvalue weighted by atomic mass is 31.2. The molecule has 0 saturated carbocycles. The summed E-state index contributed by atoms with van der Waals surface area (Å²) in [4.78, 5) is 22.1. The Morgan fingerprint density at radius 2 is 1.67 bits per heavy atom. The Morgan fingerprint density at radius 1 is 1.10 bits per heavy atom. The van der Waals surface area contributed by atoms with Crippen LogP contribution >= 0.6 is 7.60 Å². The van der Waals surface area contributed by atoms with Crippen molar-refractivity contribution in [2.75, 3.05) is 13.2 Å². The molecule has 0 heterocycles. The smallest absolute Gasteiger partial charge is 0.336 e. The van der Waals surface area contributed by atoms with Crippen LogP contribution in [-0.2, 0) is 19.8 Å². The number of aromatic carboxylic acids is 2. The predicted molar refractivity (Wildman–Crippen MR) is 74.9 cm³/mol. The van der Waals surface area contributed by atoms with Gasteiger partial charge in [-0.25, -0.2) is 9.59 Å². The van der Waals surface area contributed by atoms with Crippen LogP contribution in [0.25, 0.3) is 0 Å². The summed E-state index contributed by atoms with van der Waals surface area (Å²) in [5.41, 5.74) is -0.175. The average Bonchev–Trinajstić information content (AvgIpc) is 2.38. The molecular weight excluding hydrogens is 299 g/mol. The zero-order valence-electron chi connectivity index (χ0n) is 11.7. The van der Waals surface area contributed by atoms with E-state index in [1.807, 2.05) is 0 Å². The number of carboxylic acid groups (broad SMARTS) is 2. The van der Waals surface area contributed by atoms with Gasteiger partial charge in [-0.1, -0.05) is 6.07 Å². The van der Waals surface area contributed by atoms with E-state index < -0.39 is 19.5 Å². The Balaban J connectivity index is 3.20. The van der Waals surface area contributed by atoms with Crippen molar-refractivity contribution in [2.24, 2.45) is 0 Å². The van der Waals surface area contributed by atoms with Crippen molar-refractivity contribution in [1.82, 2.24) is 0 Å². The second-order valence-electron chi connectivity index (χ2n) is 4.09.